The standard InChI is InChI=1S/C25H23NO5/c1-2-28-25(27)24-23(31-24)17-11-13-18(14-12-17)29-16-15-26-19-7-3-5-9-21(19)30-22-10-6-4-8-20(22)26/h3-14,23-24H,2,15-16H2,1H3. The van der Waals surface area contributed by atoms with Crippen LogP contribution in [-0.2, 0) is 14.3 Å². The molecule has 1 fully saturated rings. The van der Waals surface area contributed by atoms with Crippen LogP contribution in [0.15, 0.2) is 72.8 Å². The monoisotopic (exact) mass is 417 g/mol. The van der Waals surface area contributed by atoms with Gasteiger partial charge in [0.15, 0.2) is 17.6 Å². The van der Waals surface area contributed by atoms with Crippen molar-refractivity contribution in [3.8, 4) is 17.2 Å². The molecule has 3 aromatic rings. The van der Waals surface area contributed by atoms with E-state index in [4.69, 9.17) is 18.9 Å². The summed E-state index contributed by atoms with van der Waals surface area (Å²) in [5.41, 5.74) is 2.99. The van der Waals surface area contributed by atoms with Gasteiger partial charge in [-0.2, -0.15) is 0 Å². The van der Waals surface area contributed by atoms with Gasteiger partial charge in [-0.3, -0.25) is 0 Å². The van der Waals surface area contributed by atoms with Crippen LogP contribution in [0.5, 0.6) is 17.2 Å². The number of benzene rings is 3. The third-order valence-electron chi connectivity index (χ3n) is 5.33. The molecule has 0 saturated carbocycles. The molecule has 5 rings (SSSR count). The second-order valence-electron chi connectivity index (χ2n) is 7.34. The van der Waals surface area contributed by atoms with Crippen LogP contribution in [0.3, 0.4) is 0 Å². The average Bonchev–Trinajstić information content (AvgIpc) is 3.60. The lowest BCUT2D eigenvalue weighted by atomic mass is 10.1. The van der Waals surface area contributed by atoms with E-state index in [0.29, 0.717) is 19.8 Å². The summed E-state index contributed by atoms with van der Waals surface area (Å²) in [4.78, 5) is 14.0. The fourth-order valence-electron chi connectivity index (χ4n) is 3.80. The molecule has 0 aromatic heterocycles. The number of carbonyl (C=O) groups is 1. The Morgan fingerprint density at radius 2 is 1.58 bits per heavy atom. The number of rotatable bonds is 7. The third-order valence-corrected chi connectivity index (χ3v) is 5.33. The molecule has 2 atom stereocenters. The Morgan fingerprint density at radius 3 is 2.23 bits per heavy atom. The van der Waals surface area contributed by atoms with Crippen molar-refractivity contribution in [1.82, 2.24) is 0 Å². The van der Waals surface area contributed by atoms with Gasteiger partial charge in [-0.25, -0.2) is 4.79 Å². The number of para-hydroxylation sites is 4. The lowest BCUT2D eigenvalue weighted by Gasteiger charge is -2.32. The van der Waals surface area contributed by atoms with Gasteiger partial charge in [0.2, 0.25) is 0 Å². The van der Waals surface area contributed by atoms with Gasteiger partial charge in [0.05, 0.1) is 24.5 Å². The minimum Gasteiger partial charge on any atom is -0.492 e. The van der Waals surface area contributed by atoms with Crippen LogP contribution in [-0.4, -0.2) is 31.8 Å². The molecule has 2 aliphatic heterocycles. The molecule has 0 radical (unpaired) electrons. The van der Waals surface area contributed by atoms with Crippen molar-refractivity contribution in [1.29, 1.82) is 0 Å². The smallest absolute Gasteiger partial charge is 0.338 e. The Bertz CT molecular complexity index is 1040. The Labute approximate surface area is 180 Å². The summed E-state index contributed by atoms with van der Waals surface area (Å²) in [6.45, 7) is 3.33. The SMILES string of the molecule is CCOC(=O)C1OC1c1ccc(OCCN2c3ccccc3Oc3ccccc32)cc1. The van der Waals surface area contributed by atoms with E-state index in [9.17, 15) is 4.79 Å². The molecule has 2 aliphatic rings. The molecule has 31 heavy (non-hydrogen) atoms. The van der Waals surface area contributed by atoms with Crippen LogP contribution in [0, 0.1) is 0 Å². The minimum absolute atomic E-state index is 0.227. The molecular formula is C25H23NO5. The molecule has 0 N–H and O–H groups in total. The van der Waals surface area contributed by atoms with Crippen molar-refractivity contribution in [2.24, 2.45) is 0 Å². The zero-order chi connectivity index (χ0) is 21.2. The molecule has 0 aliphatic carbocycles. The highest BCUT2D eigenvalue weighted by atomic mass is 16.6. The third kappa shape index (κ3) is 3.94. The van der Waals surface area contributed by atoms with Gasteiger partial charge in [-0.1, -0.05) is 36.4 Å². The number of epoxide rings is 1. The van der Waals surface area contributed by atoms with Crippen molar-refractivity contribution >= 4 is 17.3 Å². The Morgan fingerprint density at radius 1 is 0.935 bits per heavy atom. The molecule has 6 heteroatoms. The van der Waals surface area contributed by atoms with Gasteiger partial charge in [-0.15, -0.1) is 0 Å². The van der Waals surface area contributed by atoms with Crippen LogP contribution in [0.2, 0.25) is 0 Å². The predicted molar refractivity (Wildman–Crippen MR) is 116 cm³/mol. The van der Waals surface area contributed by atoms with Gasteiger partial charge in [0.25, 0.3) is 0 Å². The number of hydrogen-bond donors (Lipinski definition) is 0. The molecule has 1 saturated heterocycles. The molecule has 0 spiro atoms. The van der Waals surface area contributed by atoms with E-state index < -0.39 is 6.10 Å². The average molecular weight is 417 g/mol. The summed E-state index contributed by atoms with van der Waals surface area (Å²) in [5, 5.41) is 0. The molecule has 0 amide bonds. The number of anilines is 2. The van der Waals surface area contributed by atoms with Crippen LogP contribution in [0.1, 0.15) is 18.6 Å². The quantitative estimate of drug-likeness (QED) is 0.398. The van der Waals surface area contributed by atoms with Crippen LogP contribution >= 0.6 is 0 Å². The van der Waals surface area contributed by atoms with Crippen LogP contribution in [0.4, 0.5) is 11.4 Å². The van der Waals surface area contributed by atoms with E-state index in [-0.39, 0.29) is 12.1 Å². The fraction of sp³-hybridized carbons (Fsp3) is 0.240. The topological polar surface area (TPSA) is 60.5 Å². The van der Waals surface area contributed by atoms with E-state index in [1.807, 2.05) is 60.7 Å². The lowest BCUT2D eigenvalue weighted by molar-refractivity contribution is -0.144. The summed E-state index contributed by atoms with van der Waals surface area (Å²) < 4.78 is 22.5. The maximum atomic E-state index is 11.7. The summed E-state index contributed by atoms with van der Waals surface area (Å²) >= 11 is 0. The molecule has 6 nitrogen and oxygen atoms in total. The molecular weight excluding hydrogens is 394 g/mol. The normalized spacial score (nSPS) is 18.4. The summed E-state index contributed by atoms with van der Waals surface area (Å²) in [5.74, 6) is 2.14. The van der Waals surface area contributed by atoms with Crippen molar-refractivity contribution in [3.05, 3.63) is 78.4 Å². The van der Waals surface area contributed by atoms with Crippen LogP contribution < -0.4 is 14.4 Å². The predicted octanol–water partition coefficient (Wildman–Crippen LogP) is 5.01. The molecule has 2 unspecified atom stereocenters. The number of esters is 1. The van der Waals surface area contributed by atoms with Gasteiger partial charge < -0.3 is 23.8 Å². The number of hydrogen-bond acceptors (Lipinski definition) is 6. The van der Waals surface area contributed by atoms with Gasteiger partial charge in [0, 0.05) is 0 Å². The number of fused-ring (bicyclic) bond motifs is 2. The molecule has 0 bridgehead atoms. The zero-order valence-corrected chi connectivity index (χ0v) is 17.2. The lowest BCUT2D eigenvalue weighted by Crippen LogP contribution is -2.26. The largest absolute Gasteiger partial charge is 0.492 e. The Hall–Kier alpha value is -3.51. The first-order valence-corrected chi connectivity index (χ1v) is 10.4. The second kappa shape index (κ2) is 8.32. The number of carbonyl (C=O) groups excluding carboxylic acids is 1. The molecule has 158 valence electrons. The summed E-state index contributed by atoms with van der Waals surface area (Å²) in [6.07, 6.45) is -0.720. The van der Waals surface area contributed by atoms with Crippen LogP contribution in [0.25, 0.3) is 0 Å². The minimum atomic E-state index is -0.492. The van der Waals surface area contributed by atoms with Crippen molar-refractivity contribution in [3.63, 3.8) is 0 Å². The second-order valence-corrected chi connectivity index (χ2v) is 7.34. The van der Waals surface area contributed by atoms with Gasteiger partial charge in [0.1, 0.15) is 18.5 Å². The van der Waals surface area contributed by atoms with Crippen molar-refractivity contribution in [2.75, 3.05) is 24.7 Å². The van der Waals surface area contributed by atoms with E-state index >= 15 is 0 Å². The first-order valence-electron chi connectivity index (χ1n) is 10.4. The first kappa shape index (κ1) is 19.5. The van der Waals surface area contributed by atoms with E-state index in [1.54, 1.807) is 6.92 Å². The summed E-state index contributed by atoms with van der Waals surface area (Å²) in [7, 11) is 0. The van der Waals surface area contributed by atoms with Crippen molar-refractivity contribution < 1.29 is 23.7 Å². The van der Waals surface area contributed by atoms with Gasteiger partial charge in [-0.05, 0) is 48.9 Å². The molecule has 3 aromatic carbocycles. The Balaban J connectivity index is 1.22. The molecule has 2 heterocycles. The highest BCUT2D eigenvalue weighted by Gasteiger charge is 2.47. The zero-order valence-electron chi connectivity index (χ0n) is 17.2. The Kier molecular flexibility index (Phi) is 5.22. The van der Waals surface area contributed by atoms with Crippen molar-refractivity contribution in [2.45, 2.75) is 19.1 Å². The number of nitrogens with zero attached hydrogens (tertiary/aromatic N) is 1. The maximum Gasteiger partial charge on any atom is 0.338 e. The number of ether oxygens (including phenoxy) is 4. The maximum absolute atomic E-state index is 11.7. The first-order chi connectivity index (χ1) is 15.2. The highest BCUT2D eigenvalue weighted by Crippen LogP contribution is 2.46. The summed E-state index contributed by atoms with van der Waals surface area (Å²) in [6, 6.07) is 23.7. The fourth-order valence-corrected chi connectivity index (χ4v) is 3.80. The van der Waals surface area contributed by atoms with Gasteiger partial charge >= 0.3 is 5.97 Å². The van der Waals surface area contributed by atoms with E-state index in [2.05, 4.69) is 17.0 Å². The van der Waals surface area contributed by atoms with E-state index in [0.717, 1.165) is 34.2 Å². The van der Waals surface area contributed by atoms with E-state index in [1.165, 1.54) is 0 Å². The highest BCUT2D eigenvalue weighted by molar-refractivity contribution is 5.78.